The van der Waals surface area contributed by atoms with Crippen LogP contribution in [0, 0.1) is 9.33 Å². The van der Waals surface area contributed by atoms with E-state index in [1.807, 2.05) is 12.1 Å². The zero-order chi connectivity index (χ0) is 31.4. The van der Waals surface area contributed by atoms with Crippen molar-refractivity contribution in [3.05, 3.63) is 58.0 Å². The summed E-state index contributed by atoms with van der Waals surface area (Å²) in [5.41, 5.74) is -19.4. The van der Waals surface area contributed by atoms with E-state index in [1.165, 1.54) is 29.5 Å². The van der Waals surface area contributed by atoms with E-state index in [9.17, 15) is 64.8 Å². The Bertz CT molecular complexity index is 1290. The van der Waals surface area contributed by atoms with E-state index in [0.29, 0.717) is 5.41 Å². The second-order valence-electron chi connectivity index (χ2n) is 8.13. The number of benzene rings is 1. The number of methoxy groups -OCH3 is 1. The minimum atomic E-state index is -8.02. The van der Waals surface area contributed by atoms with E-state index in [1.54, 1.807) is 7.11 Å². The van der Waals surface area contributed by atoms with Gasteiger partial charge in [-0.2, -0.15) is 39.5 Å². The average Bonchev–Trinajstić information content (AvgIpc) is 2.77. The first kappa shape index (κ1) is 36.1. The number of hydrogen-bond donors (Lipinski definition) is 0. The molecule has 0 radical (unpaired) electrons. The molecule has 1 atom stereocenters. The molecule has 0 amide bonds. The van der Waals surface area contributed by atoms with Gasteiger partial charge in [0.1, 0.15) is 17.3 Å². The lowest BCUT2D eigenvalue weighted by Crippen LogP contribution is -2.47. The molecule has 7 nitrogen and oxygen atoms in total. The van der Waals surface area contributed by atoms with Crippen molar-refractivity contribution in [3.8, 4) is 5.75 Å². The van der Waals surface area contributed by atoms with E-state index in [0.717, 1.165) is 11.5 Å². The first-order chi connectivity index (χ1) is 17.8. The second kappa shape index (κ2) is 12.5. The van der Waals surface area contributed by atoms with E-state index in [-0.39, 0.29) is 0 Å². The third kappa shape index (κ3) is 8.54. The van der Waals surface area contributed by atoms with Gasteiger partial charge in [0.05, 0.1) is 11.0 Å². The van der Waals surface area contributed by atoms with Crippen molar-refractivity contribution in [3.63, 3.8) is 0 Å². The molecule has 2 rings (SSSR count). The molecule has 0 fully saturated rings. The minimum absolute atomic E-state index is 0.350. The van der Waals surface area contributed by atoms with Crippen LogP contribution in [0.5, 0.6) is 5.75 Å². The Hall–Kier alpha value is -1.93. The Morgan fingerprint density at radius 1 is 0.800 bits per heavy atom. The number of thiol groups is 1. The number of halogens is 9. The fourth-order valence-corrected chi connectivity index (χ4v) is 9.84. The monoisotopic (exact) mass is 672 g/mol. The van der Waals surface area contributed by atoms with Gasteiger partial charge in [-0.25, -0.2) is 0 Å². The summed E-state index contributed by atoms with van der Waals surface area (Å²) in [5.74, 6) is 3.28. The van der Waals surface area contributed by atoms with Crippen LogP contribution in [-0.2, 0) is 47.0 Å². The Labute approximate surface area is 228 Å². The van der Waals surface area contributed by atoms with Crippen molar-refractivity contribution in [2.24, 2.45) is 5.41 Å². The first-order valence-electron chi connectivity index (χ1n) is 10.2. The Morgan fingerprint density at radius 2 is 1.23 bits per heavy atom. The molecule has 0 aromatic heterocycles. The molecule has 0 saturated carbocycles. The fraction of sp³-hybridized carbons (Fsp3) is 0.450. The smallest absolute Gasteiger partial charge is 0.470 e. The van der Waals surface area contributed by atoms with Crippen LogP contribution in [0.15, 0.2) is 48.6 Å². The molecular formula is C20H21F9O7S4. The standard InChI is InChI=1S/C16H20OS.C4F9O6S3/c1-16(10-4-3-5-11-16)13-18-12-14-6-8-15(17-2)9-7-14;5-2(6,7)20(14,15)1(21(16,17)3(8,9)10)22(18,19)4(11,12)13/h3-10H,11-13H2,1-2H3;/q;-1/p+1. The summed E-state index contributed by atoms with van der Waals surface area (Å²) in [6.07, 6.45) is 10.1. The van der Waals surface area contributed by atoms with Crippen molar-refractivity contribution in [2.75, 3.05) is 12.9 Å². The van der Waals surface area contributed by atoms with Crippen LogP contribution in [0.2, 0.25) is 0 Å². The van der Waals surface area contributed by atoms with Crippen molar-refractivity contribution in [2.45, 2.75) is 35.6 Å². The maximum Gasteiger partial charge on any atom is 0.470 e. The molecule has 0 spiro atoms. The van der Waals surface area contributed by atoms with Gasteiger partial charge in [0, 0.05) is 11.0 Å². The van der Waals surface area contributed by atoms with E-state index >= 15 is 0 Å². The van der Waals surface area contributed by atoms with Gasteiger partial charge in [-0.15, -0.1) is 0 Å². The molecular weight excluding hydrogens is 651 g/mol. The van der Waals surface area contributed by atoms with Gasteiger partial charge >= 0.3 is 16.5 Å². The van der Waals surface area contributed by atoms with Crippen LogP contribution >= 0.6 is 0 Å². The molecule has 1 aliphatic carbocycles. The molecule has 20 heteroatoms. The summed E-state index contributed by atoms with van der Waals surface area (Å²) in [6, 6.07) is 8.39. The highest BCUT2D eigenvalue weighted by molar-refractivity contribution is 8.29. The third-order valence-electron chi connectivity index (χ3n) is 4.83. The molecule has 0 aliphatic heterocycles. The molecule has 0 N–H and O–H groups in total. The fourth-order valence-electron chi connectivity index (χ4n) is 2.78. The zero-order valence-electron chi connectivity index (χ0n) is 20.2. The molecule has 0 heterocycles. The van der Waals surface area contributed by atoms with Crippen molar-refractivity contribution < 1.29 is 69.5 Å². The lowest BCUT2D eigenvalue weighted by atomic mass is 9.86. The van der Waals surface area contributed by atoms with Crippen LogP contribution in [0.25, 0.3) is 0 Å². The average molecular weight is 673 g/mol. The lowest BCUT2D eigenvalue weighted by Gasteiger charge is -2.31. The van der Waals surface area contributed by atoms with Crippen LogP contribution in [-0.4, -0.2) is 54.6 Å². The molecule has 40 heavy (non-hydrogen) atoms. The molecule has 0 saturated heterocycles. The Morgan fingerprint density at radius 3 is 1.55 bits per heavy atom. The predicted molar refractivity (Wildman–Crippen MR) is 129 cm³/mol. The largest absolute Gasteiger partial charge is 0.497 e. The molecule has 1 aromatic carbocycles. The quantitative estimate of drug-likeness (QED) is 0.169. The molecule has 1 aliphatic rings. The van der Waals surface area contributed by atoms with E-state index < -0.39 is 50.0 Å². The highest BCUT2D eigenvalue weighted by Crippen LogP contribution is 2.47. The number of allylic oxidation sites excluding steroid dienone is 4. The minimum Gasteiger partial charge on any atom is -0.497 e. The normalized spacial score (nSPS) is 18.8. The Balaban J connectivity index is 0.000000406. The summed E-state index contributed by atoms with van der Waals surface area (Å²) in [7, 11) is -22.4. The molecule has 230 valence electrons. The molecule has 1 aromatic rings. The van der Waals surface area contributed by atoms with Gasteiger partial charge in [-0.3, -0.25) is 25.3 Å². The summed E-state index contributed by atoms with van der Waals surface area (Å²) < 4.78 is 173. The van der Waals surface area contributed by atoms with Crippen LogP contribution < -0.4 is 4.74 Å². The van der Waals surface area contributed by atoms with Gasteiger partial charge in [0.25, 0.3) is 0 Å². The topological polar surface area (TPSA) is 112 Å². The highest BCUT2D eigenvalue weighted by atomic mass is 32.3. The highest BCUT2D eigenvalue weighted by Gasteiger charge is 2.63. The van der Waals surface area contributed by atoms with Crippen LogP contribution in [0.4, 0.5) is 39.5 Å². The lowest BCUT2D eigenvalue weighted by molar-refractivity contribution is -0.0471. The van der Waals surface area contributed by atoms with Gasteiger partial charge in [-0.05, 0) is 30.3 Å². The second-order valence-corrected chi connectivity index (χ2v) is 15.6. The maximum atomic E-state index is 12.0. The summed E-state index contributed by atoms with van der Waals surface area (Å²) in [6.45, 7) is 2.34. The number of ether oxygens (including phenoxy) is 1. The van der Waals surface area contributed by atoms with Crippen molar-refractivity contribution in [1.29, 1.82) is 0 Å². The number of alkyl halides is 9. The van der Waals surface area contributed by atoms with Crippen molar-refractivity contribution in [1.82, 2.24) is 0 Å². The predicted octanol–water partition coefficient (Wildman–Crippen LogP) is 4.77. The third-order valence-corrected chi connectivity index (χ3v) is 13.5. The SMILES string of the molecule is COc1ccc(C[SH+]CC2(C)C=CC=CC2)cc1.O=S(=O)([C-](S(=O)(=O)C(F)(F)F)S(=O)(=O)C(F)(F)F)C(F)(F)F. The van der Waals surface area contributed by atoms with Crippen LogP contribution in [0.3, 0.4) is 0 Å². The van der Waals surface area contributed by atoms with Gasteiger partial charge in [0.15, 0.2) is 29.5 Å². The molecule has 1 unspecified atom stereocenters. The maximum absolute atomic E-state index is 12.0. The van der Waals surface area contributed by atoms with Crippen molar-refractivity contribution >= 4 is 41.3 Å². The van der Waals surface area contributed by atoms with Gasteiger partial charge in [-0.1, -0.05) is 43.4 Å². The van der Waals surface area contributed by atoms with Crippen LogP contribution in [0.1, 0.15) is 18.9 Å². The zero-order valence-corrected chi connectivity index (χ0v) is 23.5. The van der Waals surface area contributed by atoms with Gasteiger partial charge in [0.2, 0.25) is 0 Å². The summed E-state index contributed by atoms with van der Waals surface area (Å²) >= 11 is 1.49. The van der Waals surface area contributed by atoms with Gasteiger partial charge < -0.3 is 4.74 Å². The number of sulfone groups is 3. The first-order valence-corrected chi connectivity index (χ1v) is 16.0. The number of rotatable bonds is 8. The summed E-state index contributed by atoms with van der Waals surface area (Å²) in [5, 5.41) is 0. The number of hydrogen-bond acceptors (Lipinski definition) is 7. The Kier molecular flexibility index (Phi) is 11.3. The van der Waals surface area contributed by atoms with E-state index in [2.05, 4.69) is 43.4 Å². The van der Waals surface area contributed by atoms with E-state index in [4.69, 9.17) is 4.74 Å². The summed E-state index contributed by atoms with van der Waals surface area (Å²) in [4.78, 5) is 0. The molecule has 0 bridgehead atoms.